The highest BCUT2D eigenvalue weighted by Gasteiger charge is 2.34. The molecule has 0 saturated carbocycles. The van der Waals surface area contributed by atoms with Crippen LogP contribution < -0.4 is 0 Å². The molecule has 0 bridgehead atoms. The van der Waals surface area contributed by atoms with Gasteiger partial charge in [-0.25, -0.2) is 0 Å². The van der Waals surface area contributed by atoms with Crippen LogP contribution in [0.2, 0.25) is 0 Å². The summed E-state index contributed by atoms with van der Waals surface area (Å²) in [5.74, 6) is 1.88. The van der Waals surface area contributed by atoms with Crippen LogP contribution in [-0.2, 0) is 6.54 Å². The third-order valence-electron chi connectivity index (χ3n) is 5.67. The monoisotopic (exact) mass is 339 g/mol. The first kappa shape index (κ1) is 16.3. The number of pyridine rings is 1. The number of aromatic nitrogens is 1. The highest BCUT2D eigenvalue weighted by molar-refractivity contribution is 5.91. The molecule has 2 aromatic rings. The van der Waals surface area contributed by atoms with E-state index in [-0.39, 0.29) is 5.91 Å². The molecule has 0 aromatic carbocycles. The van der Waals surface area contributed by atoms with Gasteiger partial charge in [0.25, 0.3) is 5.91 Å². The molecular formula is C20H25N3O2. The van der Waals surface area contributed by atoms with Gasteiger partial charge in [0.2, 0.25) is 0 Å². The van der Waals surface area contributed by atoms with Crippen molar-refractivity contribution in [3.8, 4) is 0 Å². The number of amides is 1. The van der Waals surface area contributed by atoms with Crippen molar-refractivity contribution in [2.45, 2.75) is 25.8 Å². The van der Waals surface area contributed by atoms with E-state index in [1.165, 1.54) is 18.4 Å². The molecule has 2 saturated heterocycles. The molecular weight excluding hydrogens is 314 g/mol. The van der Waals surface area contributed by atoms with Crippen molar-refractivity contribution in [1.29, 1.82) is 0 Å². The number of carbonyl (C=O) groups excluding carboxylic acids is 1. The standard InChI is InChI=1S/C20H25N3O2/c24-20(19-4-2-12-25-19)23-11-7-18(15-23)17-5-9-22(10-6-17)14-16-3-1-8-21-13-16/h1-4,8,12-13,17-18H,5-7,9-11,14-15H2. The first-order chi connectivity index (χ1) is 12.3. The molecule has 2 aromatic heterocycles. The first-order valence-corrected chi connectivity index (χ1v) is 9.23. The molecule has 5 heteroatoms. The lowest BCUT2D eigenvalue weighted by molar-refractivity contribution is 0.0741. The van der Waals surface area contributed by atoms with Crippen molar-refractivity contribution in [3.05, 3.63) is 54.2 Å². The van der Waals surface area contributed by atoms with Crippen molar-refractivity contribution in [2.24, 2.45) is 11.8 Å². The molecule has 0 aliphatic carbocycles. The van der Waals surface area contributed by atoms with Gasteiger partial charge in [0.1, 0.15) is 0 Å². The van der Waals surface area contributed by atoms with Gasteiger partial charge >= 0.3 is 0 Å². The number of carbonyl (C=O) groups is 1. The predicted octanol–water partition coefficient (Wildman–Crippen LogP) is 3.05. The van der Waals surface area contributed by atoms with Crippen LogP contribution in [0.25, 0.3) is 0 Å². The second kappa shape index (κ2) is 7.40. The molecule has 0 N–H and O–H groups in total. The van der Waals surface area contributed by atoms with Gasteiger partial charge in [0, 0.05) is 32.0 Å². The number of rotatable bonds is 4. The molecule has 2 aliphatic heterocycles. The van der Waals surface area contributed by atoms with Crippen LogP contribution in [0, 0.1) is 11.8 Å². The highest BCUT2D eigenvalue weighted by Crippen LogP contribution is 2.32. The third kappa shape index (κ3) is 3.76. The molecule has 4 heterocycles. The Balaban J connectivity index is 1.26. The van der Waals surface area contributed by atoms with E-state index in [4.69, 9.17) is 4.42 Å². The van der Waals surface area contributed by atoms with Crippen molar-refractivity contribution < 1.29 is 9.21 Å². The lowest BCUT2D eigenvalue weighted by atomic mass is 9.83. The fourth-order valence-corrected chi connectivity index (χ4v) is 4.24. The molecule has 25 heavy (non-hydrogen) atoms. The molecule has 132 valence electrons. The highest BCUT2D eigenvalue weighted by atomic mass is 16.3. The van der Waals surface area contributed by atoms with E-state index < -0.39 is 0 Å². The zero-order valence-corrected chi connectivity index (χ0v) is 14.5. The number of hydrogen-bond donors (Lipinski definition) is 0. The molecule has 0 spiro atoms. The van der Waals surface area contributed by atoms with E-state index in [1.807, 2.05) is 23.4 Å². The molecule has 4 rings (SSSR count). The van der Waals surface area contributed by atoms with Crippen LogP contribution >= 0.6 is 0 Å². The Morgan fingerprint density at radius 1 is 1.12 bits per heavy atom. The van der Waals surface area contributed by atoms with Gasteiger partial charge in [-0.15, -0.1) is 0 Å². The molecule has 2 fully saturated rings. The van der Waals surface area contributed by atoms with Crippen LogP contribution in [0.4, 0.5) is 0 Å². The second-order valence-electron chi connectivity index (χ2n) is 7.25. The average molecular weight is 339 g/mol. The van der Waals surface area contributed by atoms with Gasteiger partial charge in [0.15, 0.2) is 5.76 Å². The lowest BCUT2D eigenvalue weighted by Crippen LogP contribution is -2.37. The summed E-state index contributed by atoms with van der Waals surface area (Å²) in [5, 5.41) is 0. The quantitative estimate of drug-likeness (QED) is 0.859. The van der Waals surface area contributed by atoms with Gasteiger partial charge in [-0.1, -0.05) is 6.07 Å². The van der Waals surface area contributed by atoms with Crippen molar-refractivity contribution in [3.63, 3.8) is 0 Å². The van der Waals surface area contributed by atoms with Crippen LogP contribution in [0.1, 0.15) is 35.4 Å². The Hall–Kier alpha value is -2.14. The van der Waals surface area contributed by atoms with Crippen molar-refractivity contribution in [1.82, 2.24) is 14.8 Å². The third-order valence-corrected chi connectivity index (χ3v) is 5.67. The van der Waals surface area contributed by atoms with Crippen LogP contribution in [0.5, 0.6) is 0 Å². The number of furan rings is 1. The second-order valence-corrected chi connectivity index (χ2v) is 7.25. The number of piperidine rings is 1. The average Bonchev–Trinajstić information content (AvgIpc) is 3.35. The van der Waals surface area contributed by atoms with E-state index in [9.17, 15) is 4.79 Å². The Kier molecular flexibility index (Phi) is 4.83. The number of nitrogens with zero attached hydrogens (tertiary/aromatic N) is 3. The normalized spacial score (nSPS) is 22.4. The van der Waals surface area contributed by atoms with Gasteiger partial charge < -0.3 is 9.32 Å². The summed E-state index contributed by atoms with van der Waals surface area (Å²) >= 11 is 0. The summed E-state index contributed by atoms with van der Waals surface area (Å²) in [6.45, 7) is 5.02. The Labute approximate surface area is 148 Å². The molecule has 1 amide bonds. The lowest BCUT2D eigenvalue weighted by Gasteiger charge is -2.34. The minimum atomic E-state index is 0.0431. The van der Waals surface area contributed by atoms with E-state index in [2.05, 4.69) is 16.0 Å². The molecule has 0 radical (unpaired) electrons. The van der Waals surface area contributed by atoms with Crippen molar-refractivity contribution in [2.75, 3.05) is 26.2 Å². The fraction of sp³-hybridized carbons (Fsp3) is 0.500. The minimum absolute atomic E-state index is 0.0431. The SMILES string of the molecule is O=C(c1ccco1)N1CCC(C2CCN(Cc3cccnc3)CC2)C1. The summed E-state index contributed by atoms with van der Waals surface area (Å²) in [7, 11) is 0. The van der Waals surface area contributed by atoms with Gasteiger partial charge in [0.05, 0.1) is 6.26 Å². The van der Waals surface area contributed by atoms with Crippen LogP contribution in [0.3, 0.4) is 0 Å². The maximum atomic E-state index is 12.4. The van der Waals surface area contributed by atoms with Gasteiger partial charge in [-0.2, -0.15) is 0 Å². The first-order valence-electron chi connectivity index (χ1n) is 9.23. The van der Waals surface area contributed by atoms with Gasteiger partial charge in [-0.05, 0) is 68.0 Å². The summed E-state index contributed by atoms with van der Waals surface area (Å²) in [5.41, 5.74) is 1.29. The zero-order valence-electron chi connectivity index (χ0n) is 14.5. The Bertz CT molecular complexity index is 678. The van der Waals surface area contributed by atoms with Crippen LogP contribution in [-0.4, -0.2) is 46.9 Å². The number of likely N-dealkylation sites (tertiary alicyclic amines) is 2. The minimum Gasteiger partial charge on any atom is -0.459 e. The molecule has 2 aliphatic rings. The van der Waals surface area contributed by atoms with Crippen LogP contribution in [0.15, 0.2) is 47.3 Å². The topological polar surface area (TPSA) is 49.6 Å². The zero-order chi connectivity index (χ0) is 17.1. The maximum Gasteiger partial charge on any atom is 0.289 e. The summed E-state index contributed by atoms with van der Waals surface area (Å²) < 4.78 is 5.26. The molecule has 5 nitrogen and oxygen atoms in total. The van der Waals surface area contributed by atoms with Gasteiger partial charge in [-0.3, -0.25) is 14.7 Å². The largest absolute Gasteiger partial charge is 0.459 e. The number of hydrogen-bond acceptors (Lipinski definition) is 4. The smallest absolute Gasteiger partial charge is 0.289 e. The van der Waals surface area contributed by atoms with E-state index >= 15 is 0 Å². The van der Waals surface area contributed by atoms with E-state index in [0.717, 1.165) is 45.1 Å². The maximum absolute atomic E-state index is 12.4. The van der Waals surface area contributed by atoms with E-state index in [0.29, 0.717) is 11.7 Å². The molecule has 1 unspecified atom stereocenters. The predicted molar refractivity (Wildman–Crippen MR) is 95.0 cm³/mol. The summed E-state index contributed by atoms with van der Waals surface area (Å²) in [6, 6.07) is 7.69. The molecule has 1 atom stereocenters. The summed E-state index contributed by atoms with van der Waals surface area (Å²) in [4.78, 5) is 21.1. The Morgan fingerprint density at radius 3 is 2.68 bits per heavy atom. The summed E-state index contributed by atoms with van der Waals surface area (Å²) in [6.07, 6.45) is 8.94. The Morgan fingerprint density at radius 2 is 1.96 bits per heavy atom. The van der Waals surface area contributed by atoms with Crippen molar-refractivity contribution >= 4 is 5.91 Å². The fourth-order valence-electron chi connectivity index (χ4n) is 4.24. The van der Waals surface area contributed by atoms with E-state index in [1.54, 1.807) is 18.4 Å².